The maximum Gasteiger partial charge on any atom is 0.325 e. The Hall–Kier alpha value is -1.89. The number of nitrogens with zero attached hydrogens (tertiary/aromatic N) is 1. The van der Waals surface area contributed by atoms with Gasteiger partial charge in [0, 0.05) is 4.47 Å². The second-order valence-corrected chi connectivity index (χ2v) is 5.15. The summed E-state index contributed by atoms with van der Waals surface area (Å²) in [5.74, 6) is -1.69. The third-order valence-corrected chi connectivity index (χ3v) is 3.43. The van der Waals surface area contributed by atoms with Crippen molar-refractivity contribution in [3.8, 4) is 0 Å². The SMILES string of the molecule is COC(=O)CN(CC(=O)OC)C(=O)c1cc(C)ccc1Br. The normalized spacial score (nSPS) is 9.90. The molecule has 1 rings (SSSR count). The van der Waals surface area contributed by atoms with Gasteiger partial charge in [-0.2, -0.15) is 0 Å². The number of halogens is 1. The van der Waals surface area contributed by atoms with Gasteiger partial charge in [0.15, 0.2) is 0 Å². The quantitative estimate of drug-likeness (QED) is 0.747. The van der Waals surface area contributed by atoms with Gasteiger partial charge in [-0.3, -0.25) is 14.4 Å². The van der Waals surface area contributed by atoms with Crippen LogP contribution in [0.2, 0.25) is 0 Å². The zero-order valence-electron chi connectivity index (χ0n) is 12.0. The molecule has 6 nitrogen and oxygen atoms in total. The lowest BCUT2D eigenvalue weighted by atomic mass is 10.1. The van der Waals surface area contributed by atoms with E-state index < -0.39 is 17.8 Å². The lowest BCUT2D eigenvalue weighted by Crippen LogP contribution is -2.40. The van der Waals surface area contributed by atoms with Crippen molar-refractivity contribution >= 4 is 33.8 Å². The molecular weight excluding hydrogens is 342 g/mol. The molecule has 0 radical (unpaired) electrons. The number of methoxy groups -OCH3 is 2. The van der Waals surface area contributed by atoms with Crippen molar-refractivity contribution < 1.29 is 23.9 Å². The lowest BCUT2D eigenvalue weighted by Gasteiger charge is -2.21. The van der Waals surface area contributed by atoms with Crippen LogP contribution in [0.1, 0.15) is 15.9 Å². The largest absolute Gasteiger partial charge is 0.468 e. The van der Waals surface area contributed by atoms with Crippen molar-refractivity contribution in [2.75, 3.05) is 27.3 Å². The first-order valence-electron chi connectivity index (χ1n) is 6.08. The van der Waals surface area contributed by atoms with E-state index in [0.717, 1.165) is 10.5 Å². The third-order valence-electron chi connectivity index (χ3n) is 2.73. The average molecular weight is 358 g/mol. The Kier molecular flexibility index (Phi) is 6.36. The molecule has 0 aliphatic carbocycles. The average Bonchev–Trinajstić information content (AvgIpc) is 2.47. The van der Waals surface area contributed by atoms with E-state index >= 15 is 0 Å². The van der Waals surface area contributed by atoms with E-state index in [1.807, 2.05) is 13.0 Å². The van der Waals surface area contributed by atoms with E-state index in [0.29, 0.717) is 10.0 Å². The van der Waals surface area contributed by atoms with Gasteiger partial charge in [0.1, 0.15) is 13.1 Å². The number of hydrogen-bond donors (Lipinski definition) is 0. The summed E-state index contributed by atoms with van der Waals surface area (Å²) < 4.78 is 9.66. The molecule has 114 valence electrons. The van der Waals surface area contributed by atoms with Gasteiger partial charge in [0.05, 0.1) is 19.8 Å². The topological polar surface area (TPSA) is 72.9 Å². The number of rotatable bonds is 5. The third kappa shape index (κ3) is 4.86. The van der Waals surface area contributed by atoms with E-state index in [1.165, 1.54) is 14.2 Å². The van der Waals surface area contributed by atoms with Crippen molar-refractivity contribution in [1.29, 1.82) is 0 Å². The Labute approximate surface area is 131 Å². The van der Waals surface area contributed by atoms with Gasteiger partial charge in [-0.25, -0.2) is 0 Å². The van der Waals surface area contributed by atoms with Gasteiger partial charge in [0.2, 0.25) is 0 Å². The van der Waals surface area contributed by atoms with Gasteiger partial charge in [-0.15, -0.1) is 0 Å². The Bertz CT molecular complexity index is 540. The highest BCUT2D eigenvalue weighted by atomic mass is 79.9. The summed E-state index contributed by atoms with van der Waals surface area (Å²) in [7, 11) is 2.43. The summed E-state index contributed by atoms with van der Waals surface area (Å²) in [5, 5.41) is 0. The van der Waals surface area contributed by atoms with E-state index in [2.05, 4.69) is 25.4 Å². The van der Waals surface area contributed by atoms with Crippen LogP contribution in [0.5, 0.6) is 0 Å². The van der Waals surface area contributed by atoms with E-state index in [9.17, 15) is 14.4 Å². The molecule has 0 saturated heterocycles. The molecular formula is C14H16BrNO5. The summed E-state index contributed by atoms with van der Waals surface area (Å²) in [6, 6.07) is 5.25. The molecule has 0 heterocycles. The highest BCUT2D eigenvalue weighted by molar-refractivity contribution is 9.10. The smallest absolute Gasteiger partial charge is 0.325 e. The van der Waals surface area contributed by atoms with Crippen LogP contribution in [0, 0.1) is 6.92 Å². The second kappa shape index (κ2) is 7.78. The predicted octanol–water partition coefficient (Wildman–Crippen LogP) is 1.55. The summed E-state index contributed by atoms with van der Waals surface area (Å²) in [4.78, 5) is 36.4. The minimum Gasteiger partial charge on any atom is -0.468 e. The van der Waals surface area contributed by atoms with Crippen LogP contribution in [0.25, 0.3) is 0 Å². The number of carbonyl (C=O) groups excluding carboxylic acids is 3. The number of benzene rings is 1. The zero-order chi connectivity index (χ0) is 16.0. The van der Waals surface area contributed by atoms with Crippen molar-refractivity contribution in [1.82, 2.24) is 4.90 Å². The molecule has 21 heavy (non-hydrogen) atoms. The van der Waals surface area contributed by atoms with Crippen LogP contribution in [-0.4, -0.2) is 50.1 Å². The Balaban J connectivity index is 3.05. The minimum absolute atomic E-state index is 0.329. The monoisotopic (exact) mass is 357 g/mol. The molecule has 0 fully saturated rings. The molecule has 7 heteroatoms. The van der Waals surface area contributed by atoms with E-state index in [-0.39, 0.29) is 13.1 Å². The summed E-state index contributed by atoms with van der Waals surface area (Å²) in [5.41, 5.74) is 1.25. The first kappa shape index (κ1) is 17.2. The number of amides is 1. The van der Waals surface area contributed by atoms with Crippen LogP contribution in [0.3, 0.4) is 0 Å². The Morgan fingerprint density at radius 3 is 2.10 bits per heavy atom. The fraction of sp³-hybridized carbons (Fsp3) is 0.357. The molecule has 0 unspecified atom stereocenters. The number of esters is 2. The van der Waals surface area contributed by atoms with Gasteiger partial charge < -0.3 is 14.4 Å². The highest BCUT2D eigenvalue weighted by Crippen LogP contribution is 2.20. The molecule has 0 aliphatic rings. The van der Waals surface area contributed by atoms with Gasteiger partial charge >= 0.3 is 11.9 Å². The molecule has 0 aliphatic heterocycles. The lowest BCUT2D eigenvalue weighted by molar-refractivity contribution is -0.144. The summed E-state index contributed by atoms with van der Waals surface area (Å²) in [6.45, 7) is 1.18. The first-order valence-corrected chi connectivity index (χ1v) is 6.87. The highest BCUT2D eigenvalue weighted by Gasteiger charge is 2.23. The fourth-order valence-corrected chi connectivity index (χ4v) is 2.03. The van der Waals surface area contributed by atoms with Crippen LogP contribution >= 0.6 is 15.9 Å². The van der Waals surface area contributed by atoms with Gasteiger partial charge in [-0.1, -0.05) is 11.6 Å². The van der Waals surface area contributed by atoms with Crippen LogP contribution in [-0.2, 0) is 19.1 Å². The van der Waals surface area contributed by atoms with Crippen molar-refractivity contribution in [2.45, 2.75) is 6.92 Å². The number of aryl methyl sites for hydroxylation is 1. The molecule has 0 N–H and O–H groups in total. The molecule has 1 aromatic rings. The number of ether oxygens (including phenoxy) is 2. The predicted molar refractivity (Wildman–Crippen MR) is 78.8 cm³/mol. The van der Waals surface area contributed by atoms with Gasteiger partial charge in [-0.05, 0) is 35.0 Å². The minimum atomic E-state index is -0.615. The van der Waals surface area contributed by atoms with Crippen molar-refractivity contribution in [3.63, 3.8) is 0 Å². The molecule has 0 atom stereocenters. The first-order chi connectivity index (χ1) is 9.88. The second-order valence-electron chi connectivity index (χ2n) is 4.30. The molecule has 0 aromatic heterocycles. The summed E-state index contributed by atoms with van der Waals surface area (Å²) in [6.07, 6.45) is 0. The number of carbonyl (C=O) groups is 3. The molecule has 0 spiro atoms. The Morgan fingerprint density at radius 2 is 1.62 bits per heavy atom. The van der Waals surface area contributed by atoms with Crippen LogP contribution in [0.15, 0.2) is 22.7 Å². The summed E-state index contributed by atoms with van der Waals surface area (Å²) >= 11 is 3.29. The maximum atomic E-state index is 12.5. The van der Waals surface area contributed by atoms with Crippen LogP contribution < -0.4 is 0 Å². The van der Waals surface area contributed by atoms with Crippen molar-refractivity contribution in [3.05, 3.63) is 33.8 Å². The van der Waals surface area contributed by atoms with E-state index in [1.54, 1.807) is 12.1 Å². The number of hydrogen-bond acceptors (Lipinski definition) is 5. The molecule has 1 amide bonds. The van der Waals surface area contributed by atoms with Crippen molar-refractivity contribution in [2.24, 2.45) is 0 Å². The van der Waals surface area contributed by atoms with Gasteiger partial charge in [0.25, 0.3) is 5.91 Å². The Morgan fingerprint density at radius 1 is 1.10 bits per heavy atom. The molecule has 0 saturated carbocycles. The standard InChI is InChI=1S/C14H16BrNO5/c1-9-4-5-11(15)10(6-9)14(19)16(7-12(17)20-2)8-13(18)21-3/h4-6H,7-8H2,1-3H3. The zero-order valence-corrected chi connectivity index (χ0v) is 13.6. The molecule has 0 bridgehead atoms. The fourth-order valence-electron chi connectivity index (χ4n) is 1.61. The van der Waals surface area contributed by atoms with Crippen LogP contribution in [0.4, 0.5) is 0 Å². The molecule has 1 aromatic carbocycles. The van der Waals surface area contributed by atoms with E-state index in [4.69, 9.17) is 0 Å². The maximum absolute atomic E-state index is 12.5.